The van der Waals surface area contributed by atoms with Crippen molar-refractivity contribution in [3.63, 3.8) is 0 Å². The lowest BCUT2D eigenvalue weighted by molar-refractivity contribution is 0.251. The fourth-order valence-electron chi connectivity index (χ4n) is 6.97. The van der Waals surface area contributed by atoms with Crippen molar-refractivity contribution in [3.05, 3.63) is 131 Å². The third kappa shape index (κ3) is 8.42. The Kier molecular flexibility index (Phi) is 12.2. The summed E-state index contributed by atoms with van der Waals surface area (Å²) in [5.74, 6) is -0.319. The minimum atomic E-state index is -0.159. The van der Waals surface area contributed by atoms with E-state index in [-0.39, 0.29) is 36.4 Å². The van der Waals surface area contributed by atoms with Crippen LogP contribution in [0.3, 0.4) is 0 Å². The number of rotatable bonds is 8. The molecule has 0 unspecified atom stereocenters. The number of aromatic nitrogens is 4. The Bertz CT molecular complexity index is 1770. The maximum Gasteiger partial charge on any atom is 0.123 e. The molecule has 0 amide bonds. The number of aryl methyl sites for hydroxylation is 2. The number of pyridine rings is 2. The molecule has 2 N–H and O–H groups in total. The molecule has 2 aromatic carbocycles. The van der Waals surface area contributed by atoms with Gasteiger partial charge in [-0.25, -0.2) is 8.78 Å². The number of benzene rings is 2. The van der Waals surface area contributed by atoms with E-state index in [1.165, 1.54) is 45.8 Å². The lowest BCUT2D eigenvalue weighted by Crippen LogP contribution is -2.31. The molecule has 0 atom stereocenters. The van der Waals surface area contributed by atoms with Gasteiger partial charge >= 0.3 is 0 Å². The van der Waals surface area contributed by atoms with E-state index in [1.807, 2.05) is 49.1 Å². The molecular formula is C38H42Cl2F2N6. The van der Waals surface area contributed by atoms with Gasteiger partial charge in [0.2, 0.25) is 0 Å². The Hall–Kier alpha value is -3.82. The Labute approximate surface area is 292 Å². The lowest BCUT2D eigenvalue weighted by atomic mass is 10.0. The first-order chi connectivity index (χ1) is 22.6. The maximum absolute atomic E-state index is 13.5. The molecule has 4 aromatic heterocycles. The quantitative estimate of drug-likeness (QED) is 0.169. The smallest absolute Gasteiger partial charge is 0.123 e. The number of hydrogen-bond donors (Lipinski definition) is 2. The van der Waals surface area contributed by atoms with Crippen LogP contribution < -0.4 is 0 Å². The minimum Gasteiger partial charge on any atom is -0.358 e. The van der Waals surface area contributed by atoms with Crippen LogP contribution in [0.5, 0.6) is 0 Å². The highest BCUT2D eigenvalue weighted by atomic mass is 35.5. The number of nitrogens with zero attached hydrogens (tertiary/aromatic N) is 4. The normalized spacial score (nSPS) is 14.4. The highest BCUT2D eigenvalue weighted by Crippen LogP contribution is 2.29. The maximum atomic E-state index is 13.5. The van der Waals surface area contributed by atoms with E-state index < -0.39 is 0 Å². The van der Waals surface area contributed by atoms with E-state index in [2.05, 4.69) is 41.9 Å². The Morgan fingerprint density at radius 1 is 0.625 bits per heavy atom. The fourth-order valence-corrected chi connectivity index (χ4v) is 6.97. The van der Waals surface area contributed by atoms with Crippen LogP contribution in [-0.2, 0) is 38.8 Å². The molecule has 0 saturated carbocycles. The first-order valence-electron chi connectivity index (χ1n) is 16.4. The van der Waals surface area contributed by atoms with Gasteiger partial charge in [0.05, 0.1) is 0 Å². The molecule has 252 valence electrons. The van der Waals surface area contributed by atoms with Crippen LogP contribution in [0.15, 0.2) is 85.5 Å². The zero-order valence-corrected chi connectivity index (χ0v) is 28.6. The molecule has 6 heterocycles. The van der Waals surface area contributed by atoms with Crippen molar-refractivity contribution >= 4 is 46.6 Å². The van der Waals surface area contributed by atoms with Crippen LogP contribution in [0.1, 0.15) is 46.5 Å². The molecule has 10 heteroatoms. The molecule has 0 spiro atoms. The predicted molar refractivity (Wildman–Crippen MR) is 194 cm³/mol. The standard InChI is InChI=1S/2C19H20FN3.2ClH/c2*20-15-5-6-18-16(11-15)17-13-23(10-7-19(17)22-18)9-2-4-14-3-1-8-21-12-14;;/h2*1,3,5-6,8,11-12,22H,2,4,7,9-10,13H2;2*1H. The molecule has 0 bridgehead atoms. The molecule has 0 radical (unpaired) electrons. The monoisotopic (exact) mass is 690 g/mol. The van der Waals surface area contributed by atoms with Gasteiger partial charge in [-0.15, -0.1) is 24.8 Å². The van der Waals surface area contributed by atoms with Gasteiger partial charge < -0.3 is 9.97 Å². The van der Waals surface area contributed by atoms with Gasteiger partial charge in [-0.3, -0.25) is 19.8 Å². The molecule has 0 fully saturated rings. The number of H-pyrrole nitrogens is 2. The van der Waals surface area contributed by atoms with Crippen LogP contribution >= 0.6 is 24.8 Å². The molecular weight excluding hydrogens is 649 g/mol. The number of nitrogens with one attached hydrogen (secondary N) is 2. The summed E-state index contributed by atoms with van der Waals surface area (Å²) in [5.41, 5.74) is 9.77. The lowest BCUT2D eigenvalue weighted by Gasteiger charge is -2.27. The van der Waals surface area contributed by atoms with E-state index in [4.69, 9.17) is 0 Å². The van der Waals surface area contributed by atoms with Gasteiger partial charge in [0.25, 0.3) is 0 Å². The average molecular weight is 692 g/mol. The third-order valence-corrected chi connectivity index (χ3v) is 9.36. The summed E-state index contributed by atoms with van der Waals surface area (Å²) in [4.78, 5) is 20.2. The largest absolute Gasteiger partial charge is 0.358 e. The summed E-state index contributed by atoms with van der Waals surface area (Å²) < 4.78 is 27.1. The van der Waals surface area contributed by atoms with Crippen molar-refractivity contribution in [2.45, 2.75) is 51.6 Å². The first kappa shape index (κ1) is 35.5. The SMILES string of the molecule is Cl.Cl.Fc1ccc2[nH]c3c(c2c1)CN(CCCc1cccnc1)CC3.Fc1ccc2[nH]c3c(c2c1)CN(CCCc1cccnc1)CC3. The summed E-state index contributed by atoms with van der Waals surface area (Å²) in [5, 5.41) is 2.08. The van der Waals surface area contributed by atoms with Crippen LogP contribution in [0.25, 0.3) is 21.8 Å². The highest BCUT2D eigenvalue weighted by Gasteiger charge is 2.22. The Morgan fingerprint density at radius 3 is 1.50 bits per heavy atom. The van der Waals surface area contributed by atoms with E-state index in [9.17, 15) is 8.78 Å². The van der Waals surface area contributed by atoms with E-state index in [1.54, 1.807) is 12.1 Å². The van der Waals surface area contributed by atoms with Gasteiger partial charge in [0.1, 0.15) is 11.6 Å². The second-order valence-electron chi connectivity index (χ2n) is 12.5. The molecule has 6 aromatic rings. The second-order valence-corrected chi connectivity index (χ2v) is 12.5. The number of hydrogen-bond acceptors (Lipinski definition) is 4. The molecule has 8 rings (SSSR count). The summed E-state index contributed by atoms with van der Waals surface area (Å²) in [6, 6.07) is 18.3. The van der Waals surface area contributed by atoms with Gasteiger partial charge in [0, 0.05) is 97.0 Å². The average Bonchev–Trinajstić information content (AvgIpc) is 3.63. The predicted octanol–water partition coefficient (Wildman–Crippen LogP) is 8.23. The van der Waals surface area contributed by atoms with Crippen molar-refractivity contribution in [1.82, 2.24) is 29.7 Å². The van der Waals surface area contributed by atoms with Crippen LogP contribution in [0, 0.1) is 11.6 Å². The van der Waals surface area contributed by atoms with Crippen molar-refractivity contribution in [3.8, 4) is 0 Å². The number of halogens is 4. The summed E-state index contributed by atoms with van der Waals surface area (Å²) in [7, 11) is 0. The zero-order chi connectivity index (χ0) is 31.3. The van der Waals surface area contributed by atoms with Gasteiger partial charge in [-0.1, -0.05) is 12.1 Å². The van der Waals surface area contributed by atoms with E-state index in [0.717, 1.165) is 99.6 Å². The number of fused-ring (bicyclic) bond motifs is 6. The summed E-state index contributed by atoms with van der Waals surface area (Å²) >= 11 is 0. The second kappa shape index (κ2) is 16.5. The molecule has 2 aliphatic rings. The minimum absolute atomic E-state index is 0. The summed E-state index contributed by atoms with van der Waals surface area (Å²) in [6.07, 6.45) is 13.9. The summed E-state index contributed by atoms with van der Waals surface area (Å²) in [6.45, 7) is 6.08. The Morgan fingerprint density at radius 2 is 1.08 bits per heavy atom. The van der Waals surface area contributed by atoms with Crippen LogP contribution in [-0.4, -0.2) is 55.9 Å². The molecule has 0 saturated heterocycles. The van der Waals surface area contributed by atoms with Crippen molar-refractivity contribution < 1.29 is 8.78 Å². The van der Waals surface area contributed by atoms with E-state index >= 15 is 0 Å². The molecule has 48 heavy (non-hydrogen) atoms. The van der Waals surface area contributed by atoms with Gasteiger partial charge in [0.15, 0.2) is 0 Å². The highest BCUT2D eigenvalue weighted by molar-refractivity contribution is 5.86. The topological polar surface area (TPSA) is 63.8 Å². The first-order valence-corrected chi connectivity index (χ1v) is 16.4. The Balaban J connectivity index is 0.000000180. The van der Waals surface area contributed by atoms with E-state index in [0.29, 0.717) is 0 Å². The van der Waals surface area contributed by atoms with Gasteiger partial charge in [-0.2, -0.15) is 0 Å². The number of aromatic amines is 2. The molecule has 6 nitrogen and oxygen atoms in total. The molecule has 0 aliphatic carbocycles. The molecule has 2 aliphatic heterocycles. The van der Waals surface area contributed by atoms with Crippen molar-refractivity contribution in [1.29, 1.82) is 0 Å². The van der Waals surface area contributed by atoms with Crippen LogP contribution in [0.2, 0.25) is 0 Å². The zero-order valence-electron chi connectivity index (χ0n) is 26.9. The fraction of sp³-hybridized carbons (Fsp3) is 0.316. The van der Waals surface area contributed by atoms with Crippen LogP contribution in [0.4, 0.5) is 8.78 Å². The van der Waals surface area contributed by atoms with Gasteiger partial charge in [-0.05, 0) is 110 Å². The third-order valence-electron chi connectivity index (χ3n) is 9.36. The van der Waals surface area contributed by atoms with Crippen molar-refractivity contribution in [2.24, 2.45) is 0 Å². The van der Waals surface area contributed by atoms with Crippen molar-refractivity contribution in [2.75, 3.05) is 26.2 Å².